The van der Waals surface area contributed by atoms with Gasteiger partial charge in [-0.15, -0.1) is 0 Å². The van der Waals surface area contributed by atoms with Crippen molar-refractivity contribution in [2.24, 2.45) is 0 Å². The van der Waals surface area contributed by atoms with E-state index in [0.717, 1.165) is 48.2 Å². The maximum absolute atomic E-state index is 12.5. The minimum absolute atomic E-state index is 0.153. The predicted molar refractivity (Wildman–Crippen MR) is 129 cm³/mol. The quantitative estimate of drug-likeness (QED) is 0.354. The Balaban J connectivity index is 1.51. The molecule has 0 spiro atoms. The lowest BCUT2D eigenvalue weighted by Gasteiger charge is -2.14. The molecule has 31 heavy (non-hydrogen) atoms. The zero-order chi connectivity index (χ0) is 22.1. The highest BCUT2D eigenvalue weighted by Crippen LogP contribution is 2.26. The van der Waals surface area contributed by atoms with Crippen molar-refractivity contribution in [1.82, 2.24) is 5.32 Å². The summed E-state index contributed by atoms with van der Waals surface area (Å²) in [7, 11) is 0. The highest BCUT2D eigenvalue weighted by molar-refractivity contribution is 9.10. The molecule has 8 heteroatoms. The summed E-state index contributed by atoms with van der Waals surface area (Å²) in [5, 5.41) is 5.93. The van der Waals surface area contributed by atoms with E-state index >= 15 is 0 Å². The number of benzene rings is 2. The van der Waals surface area contributed by atoms with Gasteiger partial charge in [0.05, 0.1) is 17.2 Å². The van der Waals surface area contributed by atoms with Crippen LogP contribution in [0.25, 0.3) is 0 Å². The van der Waals surface area contributed by atoms with Crippen molar-refractivity contribution in [2.75, 3.05) is 25.1 Å². The molecule has 2 aromatic carbocycles. The number of amides is 1. The van der Waals surface area contributed by atoms with Gasteiger partial charge in [-0.3, -0.25) is 10.1 Å². The molecule has 1 unspecified atom stereocenters. The minimum Gasteiger partial charge on any atom is -0.492 e. The Morgan fingerprint density at radius 3 is 2.87 bits per heavy atom. The van der Waals surface area contributed by atoms with E-state index in [2.05, 4.69) is 33.5 Å². The second kappa shape index (κ2) is 12.0. The van der Waals surface area contributed by atoms with Crippen molar-refractivity contribution in [3.8, 4) is 11.5 Å². The van der Waals surface area contributed by atoms with Crippen LogP contribution in [0.5, 0.6) is 11.5 Å². The van der Waals surface area contributed by atoms with Crippen LogP contribution in [0.3, 0.4) is 0 Å². The number of thiocarbonyl (C=S) groups is 1. The number of carbonyl (C=O) groups is 1. The smallest absolute Gasteiger partial charge is 0.257 e. The first kappa shape index (κ1) is 23.5. The van der Waals surface area contributed by atoms with Crippen molar-refractivity contribution in [2.45, 2.75) is 38.7 Å². The molecule has 2 N–H and O–H groups in total. The Morgan fingerprint density at radius 2 is 2.13 bits per heavy atom. The normalized spacial score (nSPS) is 15.4. The molecule has 1 aliphatic heterocycles. The van der Waals surface area contributed by atoms with Crippen LogP contribution in [0.1, 0.15) is 43.0 Å². The third kappa shape index (κ3) is 7.48. The summed E-state index contributed by atoms with van der Waals surface area (Å²) in [4.78, 5) is 12.5. The van der Waals surface area contributed by atoms with Gasteiger partial charge in [0.1, 0.15) is 18.1 Å². The fraction of sp³-hybridized carbons (Fsp3) is 0.391. The Morgan fingerprint density at radius 1 is 1.26 bits per heavy atom. The molecule has 0 radical (unpaired) electrons. The maximum atomic E-state index is 12.5. The van der Waals surface area contributed by atoms with Gasteiger partial charge >= 0.3 is 0 Å². The van der Waals surface area contributed by atoms with Crippen molar-refractivity contribution >= 4 is 44.9 Å². The predicted octanol–water partition coefficient (Wildman–Crippen LogP) is 5.31. The largest absolute Gasteiger partial charge is 0.492 e. The number of ether oxygens (including phenoxy) is 3. The van der Waals surface area contributed by atoms with E-state index in [9.17, 15) is 4.79 Å². The van der Waals surface area contributed by atoms with Gasteiger partial charge in [0.15, 0.2) is 5.11 Å². The molecule has 3 rings (SSSR count). The van der Waals surface area contributed by atoms with Crippen LogP contribution in [0.2, 0.25) is 0 Å². The summed E-state index contributed by atoms with van der Waals surface area (Å²) in [5.41, 5.74) is 1.21. The van der Waals surface area contributed by atoms with Crippen LogP contribution in [0, 0.1) is 0 Å². The lowest BCUT2D eigenvalue weighted by Crippen LogP contribution is -2.34. The van der Waals surface area contributed by atoms with Crippen molar-refractivity contribution in [1.29, 1.82) is 0 Å². The summed E-state index contributed by atoms with van der Waals surface area (Å²) in [5.74, 6) is 1.13. The fourth-order valence-electron chi connectivity index (χ4n) is 3.05. The van der Waals surface area contributed by atoms with Crippen LogP contribution in [0.4, 0.5) is 5.69 Å². The Bertz CT molecular complexity index is 903. The molecular formula is C23H27BrN2O4S. The number of halogens is 1. The van der Waals surface area contributed by atoms with Gasteiger partial charge in [0.25, 0.3) is 5.91 Å². The molecule has 1 saturated heterocycles. The van der Waals surface area contributed by atoms with Gasteiger partial charge < -0.3 is 19.5 Å². The van der Waals surface area contributed by atoms with Crippen molar-refractivity contribution < 1.29 is 19.0 Å². The minimum atomic E-state index is -0.302. The summed E-state index contributed by atoms with van der Waals surface area (Å²) < 4.78 is 17.8. The molecule has 0 saturated carbocycles. The van der Waals surface area contributed by atoms with Crippen LogP contribution >= 0.6 is 28.1 Å². The van der Waals surface area contributed by atoms with E-state index in [-0.39, 0.29) is 17.1 Å². The third-order valence-corrected chi connectivity index (χ3v) is 5.55. The Hall–Kier alpha value is -2.16. The van der Waals surface area contributed by atoms with Gasteiger partial charge in [-0.1, -0.05) is 19.4 Å². The molecular weight excluding hydrogens is 480 g/mol. The first-order chi connectivity index (χ1) is 15.0. The number of unbranched alkanes of at least 4 members (excludes halogenated alkanes) is 1. The first-order valence-corrected chi connectivity index (χ1v) is 11.6. The Labute approximate surface area is 196 Å². The molecule has 0 aromatic heterocycles. The number of rotatable bonds is 9. The molecule has 166 valence electrons. The molecule has 1 amide bonds. The van der Waals surface area contributed by atoms with Crippen molar-refractivity contribution in [3.63, 3.8) is 0 Å². The summed E-state index contributed by atoms with van der Waals surface area (Å²) in [6, 6.07) is 12.7. The fourth-order valence-corrected chi connectivity index (χ4v) is 3.76. The van der Waals surface area contributed by atoms with Gasteiger partial charge in [-0.05, 0) is 77.7 Å². The monoisotopic (exact) mass is 506 g/mol. The van der Waals surface area contributed by atoms with Crippen LogP contribution in [-0.4, -0.2) is 36.9 Å². The summed E-state index contributed by atoms with van der Waals surface area (Å²) in [6.07, 6.45) is 4.30. The zero-order valence-corrected chi connectivity index (χ0v) is 19.9. The molecule has 1 heterocycles. The van der Waals surface area contributed by atoms with Gasteiger partial charge in [0.2, 0.25) is 0 Å². The van der Waals surface area contributed by atoms with Crippen LogP contribution in [-0.2, 0) is 4.74 Å². The molecule has 1 atom stereocenters. The topological polar surface area (TPSA) is 68.8 Å². The number of anilines is 1. The SMILES string of the molecule is CCCCOc1ccc(C(=O)NC(=S)Nc2cccc(OCC3CCCO3)c2)cc1Br. The molecule has 1 fully saturated rings. The van der Waals surface area contributed by atoms with E-state index in [4.69, 9.17) is 26.4 Å². The Kier molecular flexibility index (Phi) is 9.12. The van der Waals surface area contributed by atoms with Gasteiger partial charge in [-0.25, -0.2) is 0 Å². The molecule has 2 aromatic rings. The standard InChI is InChI=1S/C23H27BrN2O4S/c1-2-3-11-29-21-10-9-16(13-20(21)24)22(27)26-23(31)25-17-6-4-7-18(14-17)30-15-19-8-5-12-28-19/h4,6-7,9-10,13-14,19H,2-3,5,8,11-12,15H2,1H3,(H2,25,26,27,31). The number of carbonyl (C=O) groups excluding carboxylic acids is 1. The number of hydrogen-bond acceptors (Lipinski definition) is 5. The van der Waals surface area contributed by atoms with E-state index in [0.29, 0.717) is 24.5 Å². The second-order valence-electron chi connectivity index (χ2n) is 7.23. The van der Waals surface area contributed by atoms with Crippen LogP contribution in [0.15, 0.2) is 46.9 Å². The summed E-state index contributed by atoms with van der Waals surface area (Å²) >= 11 is 8.75. The van der Waals surface area contributed by atoms with Crippen LogP contribution < -0.4 is 20.1 Å². The average molecular weight is 507 g/mol. The number of hydrogen-bond donors (Lipinski definition) is 2. The third-order valence-electron chi connectivity index (χ3n) is 4.73. The van der Waals surface area contributed by atoms with E-state index in [1.54, 1.807) is 18.2 Å². The van der Waals surface area contributed by atoms with Gasteiger partial charge in [0, 0.05) is 23.9 Å². The molecule has 1 aliphatic rings. The number of nitrogens with one attached hydrogen (secondary N) is 2. The maximum Gasteiger partial charge on any atom is 0.257 e. The summed E-state index contributed by atoms with van der Waals surface area (Å²) in [6.45, 7) is 4.08. The molecule has 0 bridgehead atoms. The molecule has 0 aliphatic carbocycles. The zero-order valence-electron chi connectivity index (χ0n) is 17.5. The van der Waals surface area contributed by atoms with Crippen molar-refractivity contribution in [3.05, 3.63) is 52.5 Å². The average Bonchev–Trinajstić information content (AvgIpc) is 3.27. The van der Waals surface area contributed by atoms with E-state index < -0.39 is 0 Å². The lowest BCUT2D eigenvalue weighted by molar-refractivity contribution is 0.0680. The highest BCUT2D eigenvalue weighted by Gasteiger charge is 2.16. The van der Waals surface area contributed by atoms with Gasteiger partial charge in [-0.2, -0.15) is 0 Å². The second-order valence-corrected chi connectivity index (χ2v) is 8.49. The first-order valence-electron chi connectivity index (χ1n) is 10.4. The van der Waals surface area contributed by atoms with E-state index in [1.807, 2.05) is 24.3 Å². The lowest BCUT2D eigenvalue weighted by atomic mass is 10.2. The highest BCUT2D eigenvalue weighted by atomic mass is 79.9. The van der Waals surface area contributed by atoms with E-state index in [1.165, 1.54) is 0 Å². The molecule has 6 nitrogen and oxygen atoms in total.